The highest BCUT2D eigenvalue weighted by Crippen LogP contribution is 2.21. The van der Waals surface area contributed by atoms with E-state index in [1.165, 1.54) is 43.5 Å². The Hall–Kier alpha value is -4.05. The molecule has 0 unspecified atom stereocenters. The number of methoxy groups -OCH3 is 1. The van der Waals surface area contributed by atoms with Gasteiger partial charge in [-0.2, -0.15) is 0 Å². The molecule has 0 heterocycles. The standard InChI is InChI=1S/C24H25N3O6S/c1-4-33-19-10-12-20(13-11-19)34(30,31)27-18-8-6-17(7-9-18)23(28)25-26-24(29)21-15-16(2)5-14-22(21)32-3/h5-15,27H,4H2,1-3H3,(H,25,28)(H,26,29). The van der Waals surface area contributed by atoms with E-state index in [1.54, 1.807) is 30.3 Å². The van der Waals surface area contributed by atoms with Crippen molar-refractivity contribution in [3.8, 4) is 11.5 Å². The summed E-state index contributed by atoms with van der Waals surface area (Å²) in [5, 5.41) is 0. The van der Waals surface area contributed by atoms with Gasteiger partial charge >= 0.3 is 0 Å². The topological polar surface area (TPSA) is 123 Å². The van der Waals surface area contributed by atoms with Crippen LogP contribution in [0.25, 0.3) is 0 Å². The Kier molecular flexibility index (Phi) is 7.75. The van der Waals surface area contributed by atoms with E-state index in [0.29, 0.717) is 18.1 Å². The number of carbonyl (C=O) groups excluding carboxylic acids is 2. The molecule has 0 saturated heterocycles. The molecule has 178 valence electrons. The molecule has 3 N–H and O–H groups in total. The van der Waals surface area contributed by atoms with Gasteiger partial charge in [0.1, 0.15) is 11.5 Å². The van der Waals surface area contributed by atoms with Crippen molar-refractivity contribution >= 4 is 27.5 Å². The van der Waals surface area contributed by atoms with Crippen LogP contribution >= 0.6 is 0 Å². The summed E-state index contributed by atoms with van der Waals surface area (Å²) < 4.78 is 38.1. The molecule has 3 aromatic rings. The number of ether oxygens (including phenoxy) is 2. The zero-order valence-electron chi connectivity index (χ0n) is 18.9. The fourth-order valence-corrected chi connectivity index (χ4v) is 4.10. The summed E-state index contributed by atoms with van der Waals surface area (Å²) in [7, 11) is -2.37. The number of benzene rings is 3. The highest BCUT2D eigenvalue weighted by Gasteiger charge is 2.16. The summed E-state index contributed by atoms with van der Waals surface area (Å²) in [5.41, 5.74) is 6.32. The van der Waals surface area contributed by atoms with Gasteiger partial charge in [-0.3, -0.25) is 25.2 Å². The van der Waals surface area contributed by atoms with Crippen molar-refractivity contribution in [1.82, 2.24) is 10.9 Å². The number of sulfonamides is 1. The van der Waals surface area contributed by atoms with Gasteiger partial charge in [-0.15, -0.1) is 0 Å². The molecule has 0 spiro atoms. The Bertz CT molecular complexity index is 1270. The predicted molar refractivity (Wildman–Crippen MR) is 128 cm³/mol. The number of anilines is 1. The number of hydrogen-bond acceptors (Lipinski definition) is 6. The first-order chi connectivity index (χ1) is 16.2. The molecule has 3 aromatic carbocycles. The number of amides is 2. The van der Waals surface area contributed by atoms with Crippen LogP contribution in [-0.4, -0.2) is 33.9 Å². The van der Waals surface area contributed by atoms with Gasteiger partial charge in [0.2, 0.25) is 0 Å². The molecule has 34 heavy (non-hydrogen) atoms. The number of nitrogens with one attached hydrogen (secondary N) is 3. The van der Waals surface area contributed by atoms with Crippen molar-refractivity contribution < 1.29 is 27.5 Å². The summed E-state index contributed by atoms with van der Waals surface area (Å²) in [6.45, 7) is 4.15. The first kappa shape index (κ1) is 24.6. The normalized spacial score (nSPS) is 10.8. The minimum absolute atomic E-state index is 0.0760. The van der Waals surface area contributed by atoms with Gasteiger partial charge in [-0.05, 0) is 74.5 Å². The average Bonchev–Trinajstić information content (AvgIpc) is 2.83. The van der Waals surface area contributed by atoms with Crippen molar-refractivity contribution in [3.63, 3.8) is 0 Å². The van der Waals surface area contributed by atoms with Crippen LogP contribution in [0.15, 0.2) is 71.6 Å². The predicted octanol–water partition coefficient (Wildman–Crippen LogP) is 3.28. The number of hydrogen-bond donors (Lipinski definition) is 3. The smallest absolute Gasteiger partial charge is 0.273 e. The second kappa shape index (κ2) is 10.7. The third-order valence-corrected chi connectivity index (χ3v) is 6.13. The summed E-state index contributed by atoms with van der Waals surface area (Å²) in [4.78, 5) is 24.9. The van der Waals surface area contributed by atoms with Crippen LogP contribution in [0.1, 0.15) is 33.2 Å². The van der Waals surface area contributed by atoms with Crippen molar-refractivity contribution in [2.24, 2.45) is 0 Å². The third-order valence-electron chi connectivity index (χ3n) is 4.73. The molecule has 10 heteroatoms. The van der Waals surface area contributed by atoms with Crippen molar-refractivity contribution in [3.05, 3.63) is 83.4 Å². The molecular weight excluding hydrogens is 458 g/mol. The summed E-state index contributed by atoms with van der Waals surface area (Å²) >= 11 is 0. The molecule has 3 rings (SSSR count). The van der Waals surface area contributed by atoms with Crippen LogP contribution in [0.4, 0.5) is 5.69 Å². The quantitative estimate of drug-likeness (QED) is 0.423. The first-order valence-corrected chi connectivity index (χ1v) is 11.8. The molecule has 0 aliphatic rings. The Morgan fingerprint density at radius 1 is 0.882 bits per heavy atom. The Morgan fingerprint density at radius 3 is 2.15 bits per heavy atom. The van der Waals surface area contributed by atoms with E-state index < -0.39 is 21.8 Å². The molecule has 0 atom stereocenters. The second-order valence-corrected chi connectivity index (χ2v) is 8.88. The maximum Gasteiger partial charge on any atom is 0.273 e. The van der Waals surface area contributed by atoms with Crippen LogP contribution in [0.5, 0.6) is 11.5 Å². The van der Waals surface area contributed by atoms with Crippen LogP contribution in [0.3, 0.4) is 0 Å². The SMILES string of the molecule is CCOc1ccc(S(=O)(=O)Nc2ccc(C(=O)NNC(=O)c3cc(C)ccc3OC)cc2)cc1. The highest BCUT2D eigenvalue weighted by atomic mass is 32.2. The van der Waals surface area contributed by atoms with Crippen LogP contribution in [0.2, 0.25) is 0 Å². The first-order valence-electron chi connectivity index (χ1n) is 10.3. The van der Waals surface area contributed by atoms with Gasteiger partial charge in [0.25, 0.3) is 21.8 Å². The van der Waals surface area contributed by atoms with Crippen molar-refractivity contribution in [2.75, 3.05) is 18.4 Å². The maximum absolute atomic E-state index is 12.6. The van der Waals surface area contributed by atoms with Crippen molar-refractivity contribution in [2.45, 2.75) is 18.7 Å². The highest BCUT2D eigenvalue weighted by molar-refractivity contribution is 7.92. The molecular formula is C24H25N3O6S. The average molecular weight is 484 g/mol. The number of rotatable bonds is 8. The van der Waals surface area contributed by atoms with E-state index >= 15 is 0 Å². The van der Waals surface area contributed by atoms with E-state index in [-0.39, 0.29) is 21.7 Å². The lowest BCUT2D eigenvalue weighted by Gasteiger charge is -2.12. The van der Waals surface area contributed by atoms with Gasteiger partial charge in [0.15, 0.2) is 0 Å². The number of hydrazine groups is 1. The van der Waals surface area contributed by atoms with Gasteiger partial charge in [0.05, 0.1) is 24.2 Å². The third kappa shape index (κ3) is 6.04. The fraction of sp³-hybridized carbons (Fsp3) is 0.167. The molecule has 0 aliphatic carbocycles. The lowest BCUT2D eigenvalue weighted by Crippen LogP contribution is -2.41. The van der Waals surface area contributed by atoms with Gasteiger partial charge in [-0.25, -0.2) is 8.42 Å². The van der Waals surface area contributed by atoms with Crippen LogP contribution < -0.4 is 25.0 Å². The lowest BCUT2D eigenvalue weighted by molar-refractivity contribution is 0.0845. The molecule has 0 aliphatic heterocycles. The van der Waals surface area contributed by atoms with Crippen LogP contribution in [0, 0.1) is 6.92 Å². The van der Waals surface area contributed by atoms with Crippen LogP contribution in [-0.2, 0) is 10.0 Å². The maximum atomic E-state index is 12.6. The molecule has 0 bridgehead atoms. The van der Waals surface area contributed by atoms with E-state index in [4.69, 9.17) is 9.47 Å². The molecule has 0 fully saturated rings. The fourth-order valence-electron chi connectivity index (χ4n) is 3.04. The largest absolute Gasteiger partial charge is 0.496 e. The zero-order valence-corrected chi connectivity index (χ0v) is 19.7. The van der Waals surface area contributed by atoms with E-state index in [2.05, 4.69) is 15.6 Å². The minimum atomic E-state index is -3.82. The summed E-state index contributed by atoms with van der Waals surface area (Å²) in [6.07, 6.45) is 0. The van der Waals surface area contributed by atoms with Crippen molar-refractivity contribution in [1.29, 1.82) is 0 Å². The minimum Gasteiger partial charge on any atom is -0.496 e. The van der Waals surface area contributed by atoms with E-state index in [1.807, 2.05) is 13.8 Å². The van der Waals surface area contributed by atoms with Gasteiger partial charge in [-0.1, -0.05) is 11.6 Å². The number of aryl methyl sites for hydroxylation is 1. The monoisotopic (exact) mass is 483 g/mol. The summed E-state index contributed by atoms with van der Waals surface area (Å²) in [5.74, 6) is -0.152. The molecule has 0 aromatic heterocycles. The van der Waals surface area contributed by atoms with E-state index in [9.17, 15) is 18.0 Å². The molecule has 2 amide bonds. The molecule has 0 radical (unpaired) electrons. The molecule has 9 nitrogen and oxygen atoms in total. The van der Waals surface area contributed by atoms with E-state index in [0.717, 1.165) is 5.56 Å². The van der Waals surface area contributed by atoms with Gasteiger partial charge in [0, 0.05) is 11.3 Å². The Morgan fingerprint density at radius 2 is 1.53 bits per heavy atom. The Labute approximate surface area is 198 Å². The molecule has 0 saturated carbocycles. The number of carbonyl (C=O) groups is 2. The Balaban J connectivity index is 1.62. The van der Waals surface area contributed by atoms with Gasteiger partial charge < -0.3 is 9.47 Å². The lowest BCUT2D eigenvalue weighted by atomic mass is 10.1. The summed E-state index contributed by atoms with van der Waals surface area (Å²) in [6, 6.07) is 16.9. The zero-order chi connectivity index (χ0) is 24.7. The second-order valence-electron chi connectivity index (χ2n) is 7.20.